The van der Waals surface area contributed by atoms with Crippen LogP contribution in [0.3, 0.4) is 0 Å². The number of imide groups is 1. The highest BCUT2D eigenvalue weighted by atomic mass is 35.5. The van der Waals surface area contributed by atoms with Crippen LogP contribution in [0.2, 0.25) is 0 Å². The Morgan fingerprint density at radius 2 is 1.77 bits per heavy atom. The van der Waals surface area contributed by atoms with Gasteiger partial charge in [0.1, 0.15) is 0 Å². The maximum absolute atomic E-state index is 12.3. The zero-order valence-corrected chi connectivity index (χ0v) is 13.5. The number of benzene rings is 1. The summed E-state index contributed by atoms with van der Waals surface area (Å²) in [5.74, 6) is -0.646. The third kappa shape index (κ3) is 3.20. The van der Waals surface area contributed by atoms with E-state index < -0.39 is 5.24 Å². The number of fused-ring (bicyclic) bond motifs is 1. The number of hydrogen-bond donors (Lipinski definition) is 0. The van der Waals surface area contributed by atoms with Crippen molar-refractivity contribution in [2.24, 2.45) is 0 Å². The molecule has 1 aliphatic rings. The zero-order chi connectivity index (χ0) is 16.3. The third-order valence-electron chi connectivity index (χ3n) is 3.95. The van der Waals surface area contributed by atoms with Crippen molar-refractivity contribution in [1.82, 2.24) is 9.80 Å². The van der Waals surface area contributed by atoms with Crippen molar-refractivity contribution in [1.29, 1.82) is 0 Å². The molecule has 0 N–H and O–H groups in total. The lowest BCUT2D eigenvalue weighted by Gasteiger charge is -2.20. The molecule has 0 aromatic heterocycles. The Bertz CT molecular complexity index is 611. The summed E-state index contributed by atoms with van der Waals surface area (Å²) in [6, 6.07) is 4.36. The fourth-order valence-corrected chi connectivity index (χ4v) is 2.73. The summed E-state index contributed by atoms with van der Waals surface area (Å²) in [6.07, 6.45) is 0.731. The molecule has 118 valence electrons. The summed E-state index contributed by atoms with van der Waals surface area (Å²) in [7, 11) is 0. The van der Waals surface area contributed by atoms with Crippen LogP contribution in [0.5, 0.6) is 0 Å². The van der Waals surface area contributed by atoms with E-state index in [-0.39, 0.29) is 22.9 Å². The third-order valence-corrected chi connectivity index (χ3v) is 4.17. The quantitative estimate of drug-likeness (QED) is 0.571. The van der Waals surface area contributed by atoms with Crippen LogP contribution < -0.4 is 0 Å². The predicted molar refractivity (Wildman–Crippen MR) is 84.4 cm³/mol. The molecule has 0 radical (unpaired) electrons. The molecule has 0 spiro atoms. The van der Waals surface area contributed by atoms with Gasteiger partial charge in [-0.3, -0.25) is 19.3 Å². The lowest BCUT2D eigenvalue weighted by atomic mass is 10.1. The number of carbonyl (C=O) groups excluding carboxylic acids is 3. The van der Waals surface area contributed by atoms with Crippen molar-refractivity contribution < 1.29 is 14.4 Å². The molecular weight excluding hydrogens is 304 g/mol. The largest absolute Gasteiger partial charge is 0.304 e. The van der Waals surface area contributed by atoms with Gasteiger partial charge >= 0.3 is 0 Å². The molecule has 0 saturated carbocycles. The first-order valence-electron chi connectivity index (χ1n) is 7.42. The maximum atomic E-state index is 12.3. The first-order chi connectivity index (χ1) is 10.5. The first kappa shape index (κ1) is 16.6. The fourth-order valence-electron chi connectivity index (χ4n) is 2.61. The van der Waals surface area contributed by atoms with Crippen LogP contribution in [-0.4, -0.2) is 53.0 Å². The van der Waals surface area contributed by atoms with Crippen LogP contribution in [0.25, 0.3) is 0 Å². The van der Waals surface area contributed by atoms with Crippen LogP contribution in [-0.2, 0) is 0 Å². The molecular formula is C16H19ClN2O3. The molecule has 0 unspecified atom stereocenters. The Morgan fingerprint density at radius 1 is 1.14 bits per heavy atom. The summed E-state index contributed by atoms with van der Waals surface area (Å²) in [5.41, 5.74) is 0.834. The average molecular weight is 323 g/mol. The molecule has 5 nitrogen and oxygen atoms in total. The highest BCUT2D eigenvalue weighted by molar-refractivity contribution is 6.67. The van der Waals surface area contributed by atoms with E-state index in [1.54, 1.807) is 0 Å². The standard InChI is InChI=1S/C16H19ClN2O3/c1-3-18(4-2)8-5-9-19-15(21)12-7-6-11(14(17)20)10-13(12)16(19)22/h6-7,10H,3-5,8-9H2,1-2H3. The Kier molecular flexibility index (Phi) is 5.32. The van der Waals surface area contributed by atoms with E-state index in [1.807, 2.05) is 0 Å². The lowest BCUT2D eigenvalue weighted by molar-refractivity contribution is 0.0648. The van der Waals surface area contributed by atoms with Crippen molar-refractivity contribution in [2.75, 3.05) is 26.2 Å². The summed E-state index contributed by atoms with van der Waals surface area (Å²) in [4.78, 5) is 39.3. The van der Waals surface area contributed by atoms with Crippen molar-refractivity contribution in [3.05, 3.63) is 34.9 Å². The van der Waals surface area contributed by atoms with Gasteiger partial charge in [0.05, 0.1) is 11.1 Å². The normalized spacial score (nSPS) is 13.9. The summed E-state index contributed by atoms with van der Waals surface area (Å²) in [5, 5.41) is -0.636. The number of amides is 2. The minimum atomic E-state index is -0.636. The molecule has 1 aromatic rings. The van der Waals surface area contributed by atoms with Crippen LogP contribution in [0.4, 0.5) is 0 Å². The second-order valence-electron chi connectivity index (χ2n) is 5.18. The summed E-state index contributed by atoms with van der Waals surface area (Å²) in [6.45, 7) is 7.27. The second-order valence-corrected chi connectivity index (χ2v) is 5.52. The Balaban J connectivity index is 2.09. The van der Waals surface area contributed by atoms with E-state index in [4.69, 9.17) is 11.6 Å². The molecule has 0 aliphatic carbocycles. The van der Waals surface area contributed by atoms with E-state index in [9.17, 15) is 14.4 Å². The number of halogens is 1. The molecule has 0 saturated heterocycles. The van der Waals surface area contributed by atoms with Crippen molar-refractivity contribution in [3.63, 3.8) is 0 Å². The number of rotatable bonds is 7. The molecule has 1 aliphatic heterocycles. The monoisotopic (exact) mass is 322 g/mol. The fraction of sp³-hybridized carbons (Fsp3) is 0.438. The molecule has 1 aromatic carbocycles. The van der Waals surface area contributed by atoms with Crippen LogP contribution >= 0.6 is 11.6 Å². The minimum Gasteiger partial charge on any atom is -0.304 e. The first-order valence-corrected chi connectivity index (χ1v) is 7.79. The van der Waals surface area contributed by atoms with E-state index in [2.05, 4.69) is 18.7 Å². The van der Waals surface area contributed by atoms with Gasteiger partial charge < -0.3 is 4.90 Å². The molecule has 2 rings (SSSR count). The smallest absolute Gasteiger partial charge is 0.261 e. The SMILES string of the molecule is CCN(CC)CCCN1C(=O)c2ccc(C(=O)Cl)cc2C1=O. The van der Waals surface area contributed by atoms with Crippen LogP contribution in [0.15, 0.2) is 18.2 Å². The second kappa shape index (κ2) is 7.03. The van der Waals surface area contributed by atoms with E-state index >= 15 is 0 Å². The summed E-state index contributed by atoms with van der Waals surface area (Å²) >= 11 is 5.42. The topological polar surface area (TPSA) is 57.7 Å². The molecule has 1 heterocycles. The molecule has 22 heavy (non-hydrogen) atoms. The van der Waals surface area contributed by atoms with Gasteiger partial charge in [-0.15, -0.1) is 0 Å². The van der Waals surface area contributed by atoms with Gasteiger partial charge in [-0.05, 0) is 55.9 Å². The van der Waals surface area contributed by atoms with Crippen molar-refractivity contribution >= 4 is 28.7 Å². The Labute approximate surface area is 134 Å². The van der Waals surface area contributed by atoms with E-state index in [0.717, 1.165) is 26.1 Å². The average Bonchev–Trinajstić information content (AvgIpc) is 2.75. The van der Waals surface area contributed by atoms with Gasteiger partial charge in [0, 0.05) is 12.1 Å². The molecule has 2 amide bonds. The van der Waals surface area contributed by atoms with Gasteiger partial charge in [0.15, 0.2) is 0 Å². The van der Waals surface area contributed by atoms with Crippen LogP contribution in [0.1, 0.15) is 51.3 Å². The van der Waals surface area contributed by atoms with Gasteiger partial charge in [0.25, 0.3) is 17.1 Å². The number of carbonyl (C=O) groups is 3. The van der Waals surface area contributed by atoms with Gasteiger partial charge in [-0.2, -0.15) is 0 Å². The van der Waals surface area contributed by atoms with E-state index in [0.29, 0.717) is 12.1 Å². The van der Waals surface area contributed by atoms with Crippen LogP contribution in [0, 0.1) is 0 Å². The van der Waals surface area contributed by atoms with Crippen molar-refractivity contribution in [2.45, 2.75) is 20.3 Å². The number of nitrogens with zero attached hydrogens (tertiary/aromatic N) is 2. The highest BCUT2D eigenvalue weighted by Crippen LogP contribution is 2.24. The summed E-state index contributed by atoms with van der Waals surface area (Å²) < 4.78 is 0. The van der Waals surface area contributed by atoms with Gasteiger partial charge in [0.2, 0.25) is 0 Å². The molecule has 0 bridgehead atoms. The molecule has 0 atom stereocenters. The minimum absolute atomic E-state index is 0.228. The molecule has 6 heteroatoms. The van der Waals surface area contributed by atoms with Crippen molar-refractivity contribution in [3.8, 4) is 0 Å². The van der Waals surface area contributed by atoms with Gasteiger partial charge in [-0.1, -0.05) is 13.8 Å². The van der Waals surface area contributed by atoms with Gasteiger partial charge in [-0.25, -0.2) is 0 Å². The predicted octanol–water partition coefficient (Wildman–Crippen LogP) is 2.39. The molecule has 0 fully saturated rings. The highest BCUT2D eigenvalue weighted by Gasteiger charge is 2.35. The maximum Gasteiger partial charge on any atom is 0.261 e. The Hall–Kier alpha value is -1.72. The van der Waals surface area contributed by atoms with E-state index in [1.165, 1.54) is 23.1 Å². The number of hydrogen-bond acceptors (Lipinski definition) is 4. The lowest BCUT2D eigenvalue weighted by Crippen LogP contribution is -2.33. The Morgan fingerprint density at radius 3 is 2.36 bits per heavy atom. The zero-order valence-electron chi connectivity index (χ0n) is 12.8.